The first-order chi connectivity index (χ1) is 22.8. The van der Waals surface area contributed by atoms with Gasteiger partial charge in [0.15, 0.2) is 0 Å². The Labute approximate surface area is 265 Å². The van der Waals surface area contributed by atoms with E-state index in [1.165, 1.54) is 5.39 Å². The van der Waals surface area contributed by atoms with Gasteiger partial charge in [0.1, 0.15) is 5.58 Å². The minimum atomic E-state index is 0.905. The van der Waals surface area contributed by atoms with E-state index in [9.17, 15) is 0 Å². The maximum absolute atomic E-state index is 5.96. The molecule has 0 aliphatic carbocycles. The summed E-state index contributed by atoms with van der Waals surface area (Å²) in [6, 6.07) is 44.6. The van der Waals surface area contributed by atoms with Crippen molar-refractivity contribution < 1.29 is 4.42 Å². The highest BCUT2D eigenvalue weighted by Crippen LogP contribution is 2.38. The van der Waals surface area contributed by atoms with Crippen molar-refractivity contribution in [3.63, 3.8) is 0 Å². The summed E-state index contributed by atoms with van der Waals surface area (Å²) in [6.07, 6.45) is 9.03. The quantitative estimate of drug-likeness (QED) is 0.200. The Morgan fingerprint density at radius 1 is 0.478 bits per heavy atom. The summed E-state index contributed by atoms with van der Waals surface area (Å²) in [6.45, 7) is 0. The van der Waals surface area contributed by atoms with Crippen molar-refractivity contribution in [2.75, 3.05) is 0 Å². The van der Waals surface area contributed by atoms with Gasteiger partial charge in [0, 0.05) is 52.4 Å². The van der Waals surface area contributed by atoms with Gasteiger partial charge in [-0.1, -0.05) is 54.6 Å². The summed E-state index contributed by atoms with van der Waals surface area (Å²) in [5.41, 5.74) is 12.7. The molecule has 0 bridgehead atoms. The zero-order valence-electron chi connectivity index (χ0n) is 24.7. The van der Waals surface area contributed by atoms with Gasteiger partial charge in [0.2, 0.25) is 0 Å². The van der Waals surface area contributed by atoms with Gasteiger partial charge in [-0.2, -0.15) is 0 Å². The molecular formula is C41H26N4O. The van der Waals surface area contributed by atoms with Gasteiger partial charge in [-0.3, -0.25) is 9.97 Å². The molecule has 0 aliphatic rings. The number of nitrogens with zero attached hydrogens (tertiary/aromatic N) is 4. The Bertz CT molecular complexity index is 2500. The van der Waals surface area contributed by atoms with Crippen molar-refractivity contribution in [1.29, 1.82) is 0 Å². The SMILES string of the molecule is c1ccc2c(c1)c1c3occc3ccc1n2-c1ccc(-c2cc(-c3ccc(-c4ccncc4)cc3)cc(-c3ccncc3)n2)cc1. The summed E-state index contributed by atoms with van der Waals surface area (Å²) >= 11 is 0. The second-order valence-electron chi connectivity index (χ2n) is 11.4. The molecule has 0 unspecified atom stereocenters. The molecule has 0 radical (unpaired) electrons. The molecule has 0 spiro atoms. The average molecular weight is 591 g/mol. The van der Waals surface area contributed by atoms with E-state index in [0.29, 0.717) is 0 Å². The normalized spacial score (nSPS) is 11.5. The number of pyridine rings is 3. The van der Waals surface area contributed by atoms with Crippen LogP contribution in [0.25, 0.3) is 83.2 Å². The molecule has 0 saturated carbocycles. The van der Waals surface area contributed by atoms with Crippen LogP contribution in [0.5, 0.6) is 0 Å². The van der Waals surface area contributed by atoms with Crippen molar-refractivity contribution in [2.45, 2.75) is 0 Å². The maximum atomic E-state index is 5.96. The summed E-state index contributed by atoms with van der Waals surface area (Å²) < 4.78 is 8.27. The molecule has 0 fully saturated rings. The van der Waals surface area contributed by atoms with Crippen molar-refractivity contribution in [1.82, 2.24) is 19.5 Å². The Balaban J connectivity index is 1.15. The Morgan fingerprint density at radius 3 is 1.78 bits per heavy atom. The van der Waals surface area contributed by atoms with E-state index in [-0.39, 0.29) is 0 Å². The topological polar surface area (TPSA) is 56.7 Å². The van der Waals surface area contributed by atoms with Crippen molar-refractivity contribution >= 4 is 32.8 Å². The molecule has 5 heteroatoms. The minimum Gasteiger partial charge on any atom is -0.464 e. The van der Waals surface area contributed by atoms with E-state index in [1.54, 1.807) is 6.26 Å². The molecule has 9 aromatic rings. The molecule has 0 atom stereocenters. The van der Waals surface area contributed by atoms with E-state index in [0.717, 1.165) is 77.8 Å². The summed E-state index contributed by atoms with van der Waals surface area (Å²) in [7, 11) is 0. The fourth-order valence-electron chi connectivity index (χ4n) is 6.45. The second kappa shape index (κ2) is 10.7. The lowest BCUT2D eigenvalue weighted by Crippen LogP contribution is -1.95. The molecule has 0 aliphatic heterocycles. The monoisotopic (exact) mass is 590 g/mol. The van der Waals surface area contributed by atoms with Gasteiger partial charge < -0.3 is 8.98 Å². The Kier molecular flexibility index (Phi) is 6.06. The average Bonchev–Trinajstić information content (AvgIpc) is 3.75. The zero-order valence-corrected chi connectivity index (χ0v) is 24.7. The van der Waals surface area contributed by atoms with Crippen LogP contribution in [0.15, 0.2) is 163 Å². The van der Waals surface area contributed by atoms with Crippen LogP contribution < -0.4 is 0 Å². The number of fused-ring (bicyclic) bond motifs is 5. The van der Waals surface area contributed by atoms with Crippen LogP contribution in [-0.4, -0.2) is 19.5 Å². The van der Waals surface area contributed by atoms with Gasteiger partial charge in [-0.05, 0) is 95.1 Å². The lowest BCUT2D eigenvalue weighted by Gasteiger charge is -2.12. The van der Waals surface area contributed by atoms with Gasteiger partial charge in [0.25, 0.3) is 0 Å². The molecule has 5 heterocycles. The third kappa shape index (κ3) is 4.37. The highest BCUT2D eigenvalue weighted by atomic mass is 16.3. The van der Waals surface area contributed by atoms with Gasteiger partial charge >= 0.3 is 0 Å². The second-order valence-corrected chi connectivity index (χ2v) is 11.4. The molecular weight excluding hydrogens is 564 g/mol. The van der Waals surface area contributed by atoms with Crippen LogP contribution in [0, 0.1) is 0 Å². The smallest absolute Gasteiger partial charge is 0.143 e. The van der Waals surface area contributed by atoms with E-state index in [4.69, 9.17) is 9.40 Å². The fraction of sp³-hybridized carbons (Fsp3) is 0. The molecule has 46 heavy (non-hydrogen) atoms. The van der Waals surface area contributed by atoms with E-state index < -0.39 is 0 Å². The molecule has 0 N–H and O–H groups in total. The van der Waals surface area contributed by atoms with Crippen molar-refractivity contribution in [3.05, 3.63) is 158 Å². The highest BCUT2D eigenvalue weighted by Gasteiger charge is 2.17. The van der Waals surface area contributed by atoms with Crippen molar-refractivity contribution in [2.24, 2.45) is 0 Å². The number of aromatic nitrogens is 4. The largest absolute Gasteiger partial charge is 0.464 e. The molecule has 5 nitrogen and oxygen atoms in total. The first-order valence-electron chi connectivity index (χ1n) is 15.2. The third-order valence-corrected chi connectivity index (χ3v) is 8.71. The standard InChI is InChI=1S/C41H26N4O/c1-2-4-38-35(3-1)40-39(14-11-32-19-24-46-41(32)40)45(38)34-12-9-30(10-13-34)36-25-33(26-37(44-36)31-17-22-43-23-18-31)28-7-5-27(6-8-28)29-15-20-42-21-16-29/h1-26H. The van der Waals surface area contributed by atoms with Crippen molar-refractivity contribution in [3.8, 4) is 50.5 Å². The fourth-order valence-corrected chi connectivity index (χ4v) is 6.45. The first-order valence-corrected chi connectivity index (χ1v) is 15.2. The number of furan rings is 1. The van der Waals surface area contributed by atoms with Crippen LogP contribution in [0.4, 0.5) is 0 Å². The zero-order chi connectivity index (χ0) is 30.5. The maximum Gasteiger partial charge on any atom is 0.143 e. The predicted octanol–water partition coefficient (Wildman–Crippen LogP) is 10.4. The van der Waals surface area contributed by atoms with E-state index >= 15 is 0 Å². The van der Waals surface area contributed by atoms with Crippen LogP contribution in [-0.2, 0) is 0 Å². The number of hydrogen-bond donors (Lipinski definition) is 0. The lowest BCUT2D eigenvalue weighted by atomic mass is 9.98. The number of hydrogen-bond acceptors (Lipinski definition) is 4. The number of para-hydroxylation sites is 1. The summed E-state index contributed by atoms with van der Waals surface area (Å²) in [5, 5.41) is 3.41. The van der Waals surface area contributed by atoms with Crippen LogP contribution in [0.3, 0.4) is 0 Å². The first kappa shape index (κ1) is 26.1. The molecule has 216 valence electrons. The van der Waals surface area contributed by atoms with Gasteiger partial charge in [-0.25, -0.2) is 4.98 Å². The van der Waals surface area contributed by atoms with E-state index in [2.05, 4.69) is 112 Å². The van der Waals surface area contributed by atoms with Crippen LogP contribution in [0.1, 0.15) is 0 Å². The van der Waals surface area contributed by atoms with Crippen LogP contribution >= 0.6 is 0 Å². The lowest BCUT2D eigenvalue weighted by molar-refractivity contribution is 0.619. The van der Waals surface area contributed by atoms with Gasteiger partial charge in [-0.15, -0.1) is 0 Å². The predicted molar refractivity (Wildman–Crippen MR) is 186 cm³/mol. The Morgan fingerprint density at radius 2 is 1.07 bits per heavy atom. The van der Waals surface area contributed by atoms with Gasteiger partial charge in [0.05, 0.1) is 34.1 Å². The summed E-state index contributed by atoms with van der Waals surface area (Å²) in [5.74, 6) is 0. The highest BCUT2D eigenvalue weighted by molar-refractivity contribution is 6.19. The molecule has 9 rings (SSSR count). The molecule has 4 aromatic carbocycles. The molecule has 5 aromatic heterocycles. The third-order valence-electron chi connectivity index (χ3n) is 8.71. The molecule has 0 amide bonds. The summed E-state index contributed by atoms with van der Waals surface area (Å²) in [4.78, 5) is 13.5. The minimum absolute atomic E-state index is 0.905. The van der Waals surface area contributed by atoms with Crippen LogP contribution in [0.2, 0.25) is 0 Å². The number of benzene rings is 4. The number of rotatable bonds is 5. The molecule has 0 saturated heterocycles. The Hall–Kier alpha value is -6.33. The van der Waals surface area contributed by atoms with E-state index in [1.807, 2.05) is 55.1 Å².